The molecule has 1 N–H and O–H groups in total. The van der Waals surface area contributed by atoms with Gasteiger partial charge < -0.3 is 10.1 Å². The summed E-state index contributed by atoms with van der Waals surface area (Å²) in [6.07, 6.45) is 3.28. The van der Waals surface area contributed by atoms with Gasteiger partial charge >= 0.3 is 0 Å². The fourth-order valence-corrected chi connectivity index (χ4v) is 2.14. The van der Waals surface area contributed by atoms with E-state index in [4.69, 9.17) is 4.74 Å². The quantitative estimate of drug-likeness (QED) is 0.678. The average Bonchev–Trinajstić information content (AvgIpc) is 2.37. The van der Waals surface area contributed by atoms with E-state index in [1.54, 1.807) is 0 Å². The summed E-state index contributed by atoms with van der Waals surface area (Å²) < 4.78 is 5.59. The monoisotopic (exact) mass is 249 g/mol. The maximum atomic E-state index is 5.59. The Labute approximate surface area is 112 Å². The topological polar surface area (TPSA) is 21.3 Å². The maximum Gasteiger partial charge on any atom is 0.0480 e. The van der Waals surface area contributed by atoms with Gasteiger partial charge in [-0.25, -0.2) is 0 Å². The minimum atomic E-state index is 0.521. The lowest BCUT2D eigenvalue weighted by Crippen LogP contribution is -2.32. The third-order valence-electron chi connectivity index (χ3n) is 3.18. The molecule has 0 aliphatic rings. The maximum absolute atomic E-state index is 5.59. The molecule has 0 radical (unpaired) electrons. The number of hydrogen-bond acceptors (Lipinski definition) is 2. The number of hydrogen-bond donors (Lipinski definition) is 1. The van der Waals surface area contributed by atoms with Crippen molar-refractivity contribution in [3.05, 3.63) is 35.4 Å². The molecule has 18 heavy (non-hydrogen) atoms. The second-order valence-electron chi connectivity index (χ2n) is 4.79. The minimum Gasteiger partial charge on any atom is -0.381 e. The molecule has 1 rings (SSSR count). The van der Waals surface area contributed by atoms with Crippen LogP contribution in [0, 0.1) is 6.92 Å². The van der Waals surface area contributed by atoms with Gasteiger partial charge in [-0.2, -0.15) is 0 Å². The molecule has 0 bridgehead atoms. The lowest BCUT2D eigenvalue weighted by atomic mass is 9.99. The van der Waals surface area contributed by atoms with Crippen molar-refractivity contribution in [2.45, 2.75) is 46.1 Å². The van der Waals surface area contributed by atoms with Crippen molar-refractivity contribution in [2.24, 2.45) is 0 Å². The molecule has 0 saturated carbocycles. The van der Waals surface area contributed by atoms with Crippen LogP contribution in [-0.4, -0.2) is 25.8 Å². The number of benzene rings is 1. The first-order chi connectivity index (χ1) is 8.77. The smallest absolute Gasteiger partial charge is 0.0480 e. The Morgan fingerprint density at radius 1 is 1.17 bits per heavy atom. The second kappa shape index (κ2) is 9.12. The van der Waals surface area contributed by atoms with Crippen LogP contribution in [0.2, 0.25) is 0 Å². The second-order valence-corrected chi connectivity index (χ2v) is 4.79. The number of nitrogens with one attached hydrogen (secondary N) is 1. The summed E-state index contributed by atoms with van der Waals surface area (Å²) in [5.74, 6) is 0. The van der Waals surface area contributed by atoms with E-state index in [2.05, 4.69) is 50.4 Å². The lowest BCUT2D eigenvalue weighted by Gasteiger charge is -2.19. The lowest BCUT2D eigenvalue weighted by molar-refractivity contribution is 0.124. The van der Waals surface area contributed by atoms with Gasteiger partial charge in [-0.05, 0) is 43.9 Å². The van der Waals surface area contributed by atoms with Crippen LogP contribution < -0.4 is 5.32 Å². The minimum absolute atomic E-state index is 0.521. The normalized spacial score (nSPS) is 12.6. The van der Waals surface area contributed by atoms with Crippen LogP contribution in [0.3, 0.4) is 0 Å². The predicted octanol–water partition coefficient (Wildman–Crippen LogP) is 3.33. The van der Waals surface area contributed by atoms with Crippen LogP contribution >= 0.6 is 0 Å². The molecule has 0 aromatic heterocycles. The number of ether oxygens (including phenoxy) is 1. The molecule has 0 amide bonds. The zero-order valence-electron chi connectivity index (χ0n) is 12.0. The van der Waals surface area contributed by atoms with E-state index in [9.17, 15) is 0 Å². The van der Waals surface area contributed by atoms with Gasteiger partial charge in [-0.1, -0.05) is 38.1 Å². The van der Waals surface area contributed by atoms with E-state index >= 15 is 0 Å². The molecule has 1 aromatic carbocycles. The van der Waals surface area contributed by atoms with Crippen LogP contribution in [0.25, 0.3) is 0 Å². The van der Waals surface area contributed by atoms with Gasteiger partial charge in [0, 0.05) is 19.3 Å². The third kappa shape index (κ3) is 5.65. The molecule has 0 spiro atoms. The summed E-state index contributed by atoms with van der Waals surface area (Å²) >= 11 is 0. The molecule has 0 heterocycles. The number of likely N-dealkylation sites (N-methyl/N-ethyl adjacent to an activating group) is 1. The van der Waals surface area contributed by atoms with E-state index in [1.165, 1.54) is 11.1 Å². The molecule has 0 aliphatic heterocycles. The zero-order valence-corrected chi connectivity index (χ0v) is 12.0. The third-order valence-corrected chi connectivity index (χ3v) is 3.18. The molecule has 0 saturated heterocycles. The molecule has 102 valence electrons. The summed E-state index contributed by atoms with van der Waals surface area (Å²) in [5, 5.41) is 3.56. The van der Waals surface area contributed by atoms with Crippen LogP contribution in [-0.2, 0) is 11.2 Å². The van der Waals surface area contributed by atoms with E-state index in [1.807, 2.05) is 0 Å². The largest absolute Gasteiger partial charge is 0.381 e. The summed E-state index contributed by atoms with van der Waals surface area (Å²) in [6.45, 7) is 9.25. The molecule has 2 nitrogen and oxygen atoms in total. The summed E-state index contributed by atoms with van der Waals surface area (Å²) in [5.41, 5.74) is 2.83. The highest BCUT2D eigenvalue weighted by Gasteiger charge is 2.09. The average molecular weight is 249 g/mol. The van der Waals surface area contributed by atoms with Gasteiger partial charge in [-0.15, -0.1) is 0 Å². The summed E-state index contributed by atoms with van der Waals surface area (Å²) in [4.78, 5) is 0. The number of aryl methyl sites for hydroxylation is 1. The summed E-state index contributed by atoms with van der Waals surface area (Å²) in [7, 11) is 0. The molecule has 0 aliphatic carbocycles. The van der Waals surface area contributed by atoms with Gasteiger partial charge in [0.15, 0.2) is 0 Å². The van der Waals surface area contributed by atoms with Crippen molar-refractivity contribution in [3.63, 3.8) is 0 Å². The standard InChI is InChI=1S/C16H27NO/c1-4-11-18-12-10-16(17-5-2)13-15-9-7-6-8-14(15)3/h6-9,16-17H,4-5,10-13H2,1-3H3. The molecule has 2 heteroatoms. The highest BCUT2D eigenvalue weighted by atomic mass is 16.5. The fraction of sp³-hybridized carbons (Fsp3) is 0.625. The Balaban J connectivity index is 2.44. The Bertz CT molecular complexity index is 325. The van der Waals surface area contributed by atoms with Gasteiger partial charge in [0.05, 0.1) is 0 Å². The first-order valence-corrected chi connectivity index (χ1v) is 7.13. The van der Waals surface area contributed by atoms with Crippen molar-refractivity contribution in [1.29, 1.82) is 0 Å². The van der Waals surface area contributed by atoms with Crippen LogP contribution in [0.4, 0.5) is 0 Å². The first-order valence-electron chi connectivity index (χ1n) is 7.13. The SMILES string of the molecule is CCCOCCC(Cc1ccccc1C)NCC. The van der Waals surface area contributed by atoms with Gasteiger partial charge in [0.2, 0.25) is 0 Å². The highest BCUT2D eigenvalue weighted by molar-refractivity contribution is 5.26. The Kier molecular flexibility index (Phi) is 7.70. The molecule has 1 unspecified atom stereocenters. The molecule has 1 aromatic rings. The van der Waals surface area contributed by atoms with E-state index in [0.717, 1.165) is 39.0 Å². The summed E-state index contributed by atoms with van der Waals surface area (Å²) in [6, 6.07) is 9.16. The van der Waals surface area contributed by atoms with Crippen LogP contribution in [0.1, 0.15) is 37.8 Å². The first kappa shape index (κ1) is 15.2. The Morgan fingerprint density at radius 3 is 2.61 bits per heavy atom. The van der Waals surface area contributed by atoms with Gasteiger partial charge in [0.1, 0.15) is 0 Å². The van der Waals surface area contributed by atoms with E-state index in [0.29, 0.717) is 6.04 Å². The van der Waals surface area contributed by atoms with Crippen molar-refractivity contribution in [3.8, 4) is 0 Å². The molecular formula is C16H27NO. The van der Waals surface area contributed by atoms with Crippen LogP contribution in [0.15, 0.2) is 24.3 Å². The van der Waals surface area contributed by atoms with E-state index in [-0.39, 0.29) is 0 Å². The van der Waals surface area contributed by atoms with Gasteiger partial charge in [0.25, 0.3) is 0 Å². The highest BCUT2D eigenvalue weighted by Crippen LogP contribution is 2.11. The molecule has 1 atom stereocenters. The van der Waals surface area contributed by atoms with Crippen molar-refractivity contribution in [2.75, 3.05) is 19.8 Å². The van der Waals surface area contributed by atoms with E-state index < -0.39 is 0 Å². The Hall–Kier alpha value is -0.860. The van der Waals surface area contributed by atoms with Gasteiger partial charge in [-0.3, -0.25) is 0 Å². The van der Waals surface area contributed by atoms with Crippen molar-refractivity contribution in [1.82, 2.24) is 5.32 Å². The predicted molar refractivity (Wildman–Crippen MR) is 78.1 cm³/mol. The molecule has 0 fully saturated rings. The fourth-order valence-electron chi connectivity index (χ4n) is 2.14. The van der Waals surface area contributed by atoms with Crippen molar-refractivity contribution < 1.29 is 4.74 Å². The Morgan fingerprint density at radius 2 is 1.94 bits per heavy atom. The van der Waals surface area contributed by atoms with Crippen molar-refractivity contribution >= 4 is 0 Å². The zero-order chi connectivity index (χ0) is 13.2. The molecular weight excluding hydrogens is 222 g/mol. The number of rotatable bonds is 9. The van der Waals surface area contributed by atoms with Crippen LogP contribution in [0.5, 0.6) is 0 Å².